The molecule has 0 unspecified atom stereocenters. The molecule has 2 heterocycles. The minimum Gasteiger partial charge on any atom is -0.304 e. The first kappa shape index (κ1) is 19.2. The quantitative estimate of drug-likeness (QED) is 0.568. The van der Waals surface area contributed by atoms with Crippen LogP contribution in [-0.4, -0.2) is 17.1 Å². The molecule has 2 aliphatic heterocycles. The van der Waals surface area contributed by atoms with Gasteiger partial charge in [-0.25, -0.2) is 0 Å². The van der Waals surface area contributed by atoms with Crippen LogP contribution in [0.15, 0.2) is 78.9 Å². The van der Waals surface area contributed by atoms with Crippen LogP contribution >= 0.6 is 23.4 Å². The van der Waals surface area contributed by atoms with Crippen LogP contribution in [0.5, 0.6) is 0 Å². The van der Waals surface area contributed by atoms with Crippen molar-refractivity contribution in [3.8, 4) is 0 Å². The summed E-state index contributed by atoms with van der Waals surface area (Å²) in [5, 5.41) is 0.287. The van der Waals surface area contributed by atoms with Gasteiger partial charge in [-0.05, 0) is 36.8 Å². The van der Waals surface area contributed by atoms with E-state index in [9.17, 15) is 9.59 Å². The second kappa shape index (κ2) is 7.18. The second-order valence-electron chi connectivity index (χ2n) is 7.41. The summed E-state index contributed by atoms with van der Waals surface area (Å²) >= 11 is 7.80. The summed E-state index contributed by atoms with van der Waals surface area (Å²) in [7, 11) is 0. The highest BCUT2D eigenvalue weighted by molar-refractivity contribution is 8.03. The maximum absolute atomic E-state index is 14.0. The molecule has 6 heteroatoms. The molecule has 0 bridgehead atoms. The monoisotopic (exact) mass is 434 g/mol. The number of carbonyl (C=O) groups excluding carboxylic acids is 2. The fourth-order valence-electron chi connectivity index (χ4n) is 4.27. The van der Waals surface area contributed by atoms with Crippen molar-refractivity contribution in [2.24, 2.45) is 0 Å². The van der Waals surface area contributed by atoms with Gasteiger partial charge in [-0.1, -0.05) is 66.2 Å². The largest absolute Gasteiger partial charge is 0.304 e. The highest BCUT2D eigenvalue weighted by Gasteiger charge is 2.63. The van der Waals surface area contributed by atoms with E-state index >= 15 is 0 Å². The Morgan fingerprint density at radius 1 is 0.933 bits per heavy atom. The molecule has 2 atom stereocenters. The molecule has 2 amide bonds. The zero-order valence-electron chi connectivity index (χ0n) is 16.3. The van der Waals surface area contributed by atoms with Crippen molar-refractivity contribution in [1.29, 1.82) is 0 Å². The molecule has 2 aliphatic rings. The summed E-state index contributed by atoms with van der Waals surface area (Å²) in [6.45, 7) is 2.22. The molecule has 0 aromatic heterocycles. The lowest BCUT2D eigenvalue weighted by Gasteiger charge is -2.33. The third-order valence-corrected chi connectivity index (χ3v) is 7.47. The molecular weight excluding hydrogens is 416 g/mol. The first-order valence-electron chi connectivity index (χ1n) is 9.76. The number of hydrogen-bond donors (Lipinski definition) is 0. The van der Waals surface area contributed by atoms with Crippen molar-refractivity contribution in [3.05, 3.63) is 95.0 Å². The van der Waals surface area contributed by atoms with Crippen LogP contribution in [0.1, 0.15) is 18.1 Å². The van der Waals surface area contributed by atoms with Crippen molar-refractivity contribution in [2.45, 2.75) is 23.6 Å². The topological polar surface area (TPSA) is 40.6 Å². The maximum Gasteiger partial charge on any atom is 0.269 e. The number of amides is 2. The zero-order chi connectivity index (χ0) is 20.9. The Labute approximate surface area is 184 Å². The van der Waals surface area contributed by atoms with Gasteiger partial charge in [0.2, 0.25) is 10.8 Å². The van der Waals surface area contributed by atoms with Crippen molar-refractivity contribution in [3.63, 3.8) is 0 Å². The van der Waals surface area contributed by atoms with Gasteiger partial charge in [-0.3, -0.25) is 14.5 Å². The van der Waals surface area contributed by atoms with E-state index < -0.39 is 4.87 Å². The van der Waals surface area contributed by atoms with Crippen LogP contribution in [0, 0.1) is 0 Å². The van der Waals surface area contributed by atoms with Crippen molar-refractivity contribution >= 4 is 46.6 Å². The predicted molar refractivity (Wildman–Crippen MR) is 122 cm³/mol. The van der Waals surface area contributed by atoms with Gasteiger partial charge in [0.25, 0.3) is 5.91 Å². The van der Waals surface area contributed by atoms with E-state index in [2.05, 4.69) is 0 Å². The average molecular weight is 435 g/mol. The Morgan fingerprint density at radius 3 is 2.37 bits per heavy atom. The summed E-state index contributed by atoms with van der Waals surface area (Å²) in [6.07, 6.45) is 0. The van der Waals surface area contributed by atoms with E-state index in [0.717, 1.165) is 22.5 Å². The van der Waals surface area contributed by atoms with Crippen LogP contribution in [0.2, 0.25) is 5.02 Å². The molecule has 3 aromatic rings. The third-order valence-electron chi connectivity index (χ3n) is 5.63. The van der Waals surface area contributed by atoms with Crippen LogP contribution in [0.3, 0.4) is 0 Å². The Bertz CT molecular complexity index is 1150. The van der Waals surface area contributed by atoms with E-state index in [1.165, 1.54) is 11.8 Å². The van der Waals surface area contributed by atoms with E-state index in [4.69, 9.17) is 11.6 Å². The number of hydrogen-bond acceptors (Lipinski definition) is 3. The van der Waals surface area contributed by atoms with Crippen LogP contribution in [0.25, 0.3) is 0 Å². The van der Waals surface area contributed by atoms with Crippen molar-refractivity contribution in [1.82, 2.24) is 0 Å². The second-order valence-corrected chi connectivity index (χ2v) is 9.35. The Balaban J connectivity index is 1.68. The van der Waals surface area contributed by atoms with Crippen molar-refractivity contribution < 1.29 is 9.59 Å². The standard InChI is InChI=1S/C24H19ClN2O2S/c1-16-22(28)27(18-10-3-2-4-11-18)24(30-16)19-12-6-8-14-21(19)26(23(24)29)15-17-9-5-7-13-20(17)25/h2-14,16H,15H2,1H3/t16-,24-/m0/s1. The lowest BCUT2D eigenvalue weighted by atomic mass is 10.0. The summed E-state index contributed by atoms with van der Waals surface area (Å²) in [5.41, 5.74) is 3.25. The molecule has 30 heavy (non-hydrogen) atoms. The average Bonchev–Trinajstić information content (AvgIpc) is 3.16. The number of thioether (sulfide) groups is 1. The number of carbonyl (C=O) groups is 2. The minimum absolute atomic E-state index is 0.0612. The number of benzene rings is 3. The summed E-state index contributed by atoms with van der Waals surface area (Å²) in [4.78, 5) is 29.6. The van der Waals surface area contributed by atoms with Gasteiger partial charge < -0.3 is 4.90 Å². The van der Waals surface area contributed by atoms with Crippen LogP contribution < -0.4 is 9.80 Å². The number of halogens is 1. The minimum atomic E-state index is -1.12. The summed E-state index contributed by atoms with van der Waals surface area (Å²) < 4.78 is 0. The van der Waals surface area contributed by atoms with Gasteiger partial charge in [-0.2, -0.15) is 0 Å². The summed E-state index contributed by atoms with van der Waals surface area (Å²) in [5.74, 6) is -0.177. The highest BCUT2D eigenvalue weighted by atomic mass is 35.5. The lowest BCUT2D eigenvalue weighted by molar-refractivity contribution is -0.124. The van der Waals surface area contributed by atoms with E-state index in [1.54, 1.807) is 9.80 Å². The molecule has 5 rings (SSSR count). The van der Waals surface area contributed by atoms with E-state index in [-0.39, 0.29) is 17.1 Å². The molecule has 0 radical (unpaired) electrons. The SMILES string of the molecule is C[C@@H]1S[C@@]2(C(=O)N(Cc3ccccc3Cl)c3ccccc32)N(c2ccccc2)C1=O. The smallest absolute Gasteiger partial charge is 0.269 e. The van der Waals surface area contributed by atoms with Gasteiger partial charge in [0.05, 0.1) is 17.5 Å². The Morgan fingerprint density at radius 2 is 1.60 bits per heavy atom. The number of anilines is 2. The number of para-hydroxylation sites is 2. The van der Waals surface area contributed by atoms with Crippen LogP contribution in [-0.2, 0) is 21.0 Å². The lowest BCUT2D eigenvalue weighted by Crippen LogP contribution is -2.49. The fraction of sp³-hybridized carbons (Fsp3) is 0.167. The summed E-state index contributed by atoms with van der Waals surface area (Å²) in [6, 6.07) is 24.7. The predicted octanol–water partition coefficient (Wildman–Crippen LogP) is 5.21. The van der Waals surface area contributed by atoms with Crippen molar-refractivity contribution in [2.75, 3.05) is 9.80 Å². The first-order valence-corrected chi connectivity index (χ1v) is 11.0. The molecule has 0 N–H and O–H groups in total. The maximum atomic E-state index is 14.0. The van der Waals surface area contributed by atoms with Gasteiger partial charge in [0.1, 0.15) is 0 Å². The zero-order valence-corrected chi connectivity index (χ0v) is 17.9. The number of rotatable bonds is 3. The molecule has 0 aliphatic carbocycles. The Hall–Kier alpha value is -2.76. The molecular formula is C24H19ClN2O2S. The molecule has 3 aromatic carbocycles. The van der Waals surface area contributed by atoms with E-state index in [1.807, 2.05) is 85.8 Å². The molecule has 0 saturated carbocycles. The van der Waals surface area contributed by atoms with Gasteiger partial charge in [0, 0.05) is 16.3 Å². The molecule has 4 nitrogen and oxygen atoms in total. The first-order chi connectivity index (χ1) is 14.5. The normalized spacial score (nSPS) is 22.8. The molecule has 1 spiro atoms. The van der Waals surface area contributed by atoms with Gasteiger partial charge in [0.15, 0.2) is 0 Å². The molecule has 1 fully saturated rings. The fourth-order valence-corrected chi connectivity index (χ4v) is 5.99. The molecule has 1 saturated heterocycles. The van der Waals surface area contributed by atoms with Gasteiger partial charge >= 0.3 is 0 Å². The van der Waals surface area contributed by atoms with Crippen LogP contribution in [0.4, 0.5) is 11.4 Å². The van der Waals surface area contributed by atoms with Gasteiger partial charge in [-0.15, -0.1) is 11.8 Å². The highest BCUT2D eigenvalue weighted by Crippen LogP contribution is 2.58. The number of fused-ring (bicyclic) bond motifs is 2. The van der Waals surface area contributed by atoms with E-state index in [0.29, 0.717) is 11.6 Å². The Kier molecular flexibility index (Phi) is 4.60. The molecule has 150 valence electrons. The number of nitrogens with zero attached hydrogens (tertiary/aromatic N) is 2. The third kappa shape index (κ3) is 2.69.